The first-order valence-corrected chi connectivity index (χ1v) is 15.7. The number of rotatable bonds is 21. The van der Waals surface area contributed by atoms with E-state index in [2.05, 4.69) is 36.6 Å². The molecule has 50 heavy (non-hydrogen) atoms. The van der Waals surface area contributed by atoms with Gasteiger partial charge in [-0.3, -0.25) is 28.8 Å². The number of carbonyl (C=O) groups excluding carboxylic acids is 6. The van der Waals surface area contributed by atoms with Crippen LogP contribution in [0.5, 0.6) is 0 Å². The van der Waals surface area contributed by atoms with Gasteiger partial charge in [0.05, 0.1) is 37.8 Å². The van der Waals surface area contributed by atoms with E-state index >= 15 is 0 Å². The summed E-state index contributed by atoms with van der Waals surface area (Å²) in [6.07, 6.45) is -1.73. The molecular formula is C29H49N9O12. The molecule has 1 aromatic heterocycles. The highest BCUT2D eigenvalue weighted by molar-refractivity contribution is 5.96. The number of H-pyrrole nitrogens is 1. The molecule has 21 heteroatoms. The zero-order valence-electron chi connectivity index (χ0n) is 28.4. The largest absolute Gasteiger partial charge is 0.480 e. The average molecular weight is 716 g/mol. The van der Waals surface area contributed by atoms with Crippen LogP contribution in [-0.4, -0.2) is 145 Å². The fourth-order valence-electron chi connectivity index (χ4n) is 4.31. The summed E-state index contributed by atoms with van der Waals surface area (Å²) in [6, 6.07) is -9.03. The smallest absolute Gasteiger partial charge is 0.328 e. The molecule has 0 spiro atoms. The van der Waals surface area contributed by atoms with Gasteiger partial charge in [-0.2, -0.15) is 0 Å². The molecule has 0 saturated carbocycles. The van der Waals surface area contributed by atoms with E-state index in [1.54, 1.807) is 13.8 Å². The van der Waals surface area contributed by atoms with Crippen molar-refractivity contribution in [3.63, 3.8) is 0 Å². The van der Waals surface area contributed by atoms with Crippen LogP contribution in [0.4, 0.5) is 0 Å². The van der Waals surface area contributed by atoms with Gasteiger partial charge in [0.15, 0.2) is 6.04 Å². The van der Waals surface area contributed by atoms with Gasteiger partial charge in [0.25, 0.3) is 0 Å². The lowest BCUT2D eigenvalue weighted by Gasteiger charge is -2.27. The molecular weight excluding hydrogens is 666 g/mol. The van der Waals surface area contributed by atoms with Gasteiger partial charge < -0.3 is 68.2 Å². The van der Waals surface area contributed by atoms with Gasteiger partial charge in [0.1, 0.15) is 30.2 Å². The third kappa shape index (κ3) is 14.4. The molecule has 1 heterocycles. The minimum Gasteiger partial charge on any atom is -0.480 e. The number of carbonyl (C=O) groups is 7. The number of hydrogen-bond acceptors (Lipinski definition) is 13. The highest BCUT2D eigenvalue weighted by Gasteiger charge is 2.34. The fourth-order valence-corrected chi connectivity index (χ4v) is 4.31. The number of aliphatic carboxylic acids is 1. The molecule has 0 aliphatic carbocycles. The first-order valence-electron chi connectivity index (χ1n) is 15.7. The Morgan fingerprint density at radius 3 is 1.78 bits per heavy atom. The van der Waals surface area contributed by atoms with Crippen LogP contribution in [0.2, 0.25) is 0 Å². The molecule has 0 saturated heterocycles. The Balaban J connectivity index is 3.03. The Morgan fingerprint density at radius 2 is 1.30 bits per heavy atom. The summed E-state index contributed by atoms with van der Waals surface area (Å²) in [7, 11) is 0. The molecule has 6 amide bonds. The topological polar surface area (TPSA) is 348 Å². The summed E-state index contributed by atoms with van der Waals surface area (Å²) in [5.41, 5.74) is 5.96. The second-order valence-corrected chi connectivity index (χ2v) is 12.1. The van der Waals surface area contributed by atoms with E-state index in [9.17, 15) is 59.1 Å². The van der Waals surface area contributed by atoms with E-state index in [4.69, 9.17) is 5.73 Å². The third-order valence-corrected chi connectivity index (χ3v) is 7.14. The maximum Gasteiger partial charge on any atom is 0.328 e. The molecule has 0 fully saturated rings. The molecule has 0 aromatic carbocycles. The number of imidazole rings is 1. The van der Waals surface area contributed by atoms with Crippen LogP contribution in [0.3, 0.4) is 0 Å². The van der Waals surface area contributed by atoms with Crippen LogP contribution >= 0.6 is 0 Å². The van der Waals surface area contributed by atoms with Crippen LogP contribution in [0.1, 0.15) is 46.7 Å². The van der Waals surface area contributed by atoms with Gasteiger partial charge in [-0.1, -0.05) is 13.8 Å². The molecule has 282 valence electrons. The van der Waals surface area contributed by atoms with E-state index in [1.165, 1.54) is 19.4 Å². The van der Waals surface area contributed by atoms with Gasteiger partial charge in [-0.15, -0.1) is 0 Å². The van der Waals surface area contributed by atoms with Crippen molar-refractivity contribution >= 4 is 41.4 Å². The lowest BCUT2D eigenvalue weighted by Crippen LogP contribution is -2.61. The molecule has 0 aliphatic rings. The summed E-state index contributed by atoms with van der Waals surface area (Å²) in [5.74, 6) is -7.44. The first-order chi connectivity index (χ1) is 23.3. The lowest BCUT2D eigenvalue weighted by molar-refractivity contribution is -0.146. The zero-order valence-corrected chi connectivity index (χ0v) is 28.4. The molecule has 0 unspecified atom stereocenters. The first kappa shape index (κ1) is 43.3. The molecule has 21 nitrogen and oxygen atoms in total. The van der Waals surface area contributed by atoms with Crippen molar-refractivity contribution in [3.8, 4) is 0 Å². The van der Waals surface area contributed by atoms with Gasteiger partial charge in [0.2, 0.25) is 35.4 Å². The molecule has 0 radical (unpaired) electrons. The molecule has 14 N–H and O–H groups in total. The average Bonchev–Trinajstić information content (AvgIpc) is 3.54. The van der Waals surface area contributed by atoms with Crippen LogP contribution in [0, 0.1) is 5.92 Å². The maximum absolute atomic E-state index is 13.2. The van der Waals surface area contributed by atoms with Gasteiger partial charge in [0, 0.05) is 18.3 Å². The van der Waals surface area contributed by atoms with E-state index in [-0.39, 0.29) is 18.8 Å². The minimum absolute atomic E-state index is 0.0383. The van der Waals surface area contributed by atoms with Crippen molar-refractivity contribution in [1.29, 1.82) is 0 Å². The standard InChI is InChI=1S/C29H49N9O12/c1-12(2)6-17(25(45)37-22(14(4)41)28(48)38-23(15(5)42)29(49)50)34-20(43)9-32-24(44)18(7-16-8-31-11-33-16)35-26(46)19(10-39)36-27(47)21(30)13(3)40/h8,11-15,17-19,21-23,39-42H,6-7,9-10,30H2,1-5H3,(H,31,33)(H,32,44)(H,34,43)(H,35,46)(H,36,47)(H,37,45)(H,38,48)(H,49,50)/t13-,14-,15-,17+,18+,19+,21+,22+,23+/m1/s1. The Hall–Kier alpha value is -4.70. The fraction of sp³-hybridized carbons (Fsp3) is 0.655. The number of carboxylic acid groups (broad SMARTS) is 1. The Bertz CT molecular complexity index is 1310. The molecule has 1 aromatic rings. The number of nitrogens with one attached hydrogen (secondary N) is 7. The van der Waals surface area contributed by atoms with Crippen LogP contribution in [0.15, 0.2) is 12.5 Å². The second-order valence-electron chi connectivity index (χ2n) is 12.1. The molecule has 9 atom stereocenters. The van der Waals surface area contributed by atoms with Crippen molar-refractivity contribution in [2.24, 2.45) is 11.7 Å². The highest BCUT2D eigenvalue weighted by atomic mass is 16.4. The number of carboxylic acids is 1. The number of nitrogens with zero attached hydrogens (tertiary/aromatic N) is 1. The number of hydrogen-bond donors (Lipinski definition) is 13. The zero-order chi connectivity index (χ0) is 38.3. The highest BCUT2D eigenvalue weighted by Crippen LogP contribution is 2.07. The minimum atomic E-state index is -1.74. The van der Waals surface area contributed by atoms with Crippen molar-refractivity contribution in [2.75, 3.05) is 13.2 Å². The molecule has 1 rings (SSSR count). The van der Waals surface area contributed by atoms with Crippen molar-refractivity contribution in [1.82, 2.24) is 41.9 Å². The number of aliphatic hydroxyl groups excluding tert-OH is 4. The summed E-state index contributed by atoms with van der Waals surface area (Å²) in [4.78, 5) is 95.1. The normalized spacial score (nSPS) is 16.6. The summed E-state index contributed by atoms with van der Waals surface area (Å²) in [6.45, 7) is 5.41. The Morgan fingerprint density at radius 1 is 0.740 bits per heavy atom. The Kier molecular flexibility index (Phi) is 18.0. The van der Waals surface area contributed by atoms with Crippen molar-refractivity contribution in [2.45, 2.75) is 102 Å². The number of aromatic nitrogens is 2. The summed E-state index contributed by atoms with van der Waals surface area (Å²) >= 11 is 0. The van der Waals surface area contributed by atoms with Crippen LogP contribution < -0.4 is 37.6 Å². The van der Waals surface area contributed by atoms with E-state index < -0.39 is 109 Å². The third-order valence-electron chi connectivity index (χ3n) is 7.14. The monoisotopic (exact) mass is 715 g/mol. The number of aromatic amines is 1. The van der Waals surface area contributed by atoms with Gasteiger partial charge in [-0.25, -0.2) is 9.78 Å². The predicted octanol–water partition coefficient (Wildman–Crippen LogP) is -5.91. The predicted molar refractivity (Wildman–Crippen MR) is 172 cm³/mol. The van der Waals surface area contributed by atoms with Gasteiger partial charge >= 0.3 is 5.97 Å². The SMILES string of the molecule is CC(C)C[C@H](NC(=O)CNC(=O)[C@H](Cc1cnc[nH]1)NC(=O)[C@H](CO)NC(=O)[C@@H](N)[C@@H](C)O)C(=O)N[C@H](C(=O)N[C@H](C(=O)O)[C@@H](C)O)[C@@H](C)O. The number of aliphatic hydroxyl groups is 4. The molecule has 0 bridgehead atoms. The molecule has 0 aliphatic heterocycles. The Labute approximate surface area is 287 Å². The second kappa shape index (κ2) is 20.7. The maximum atomic E-state index is 13.2. The van der Waals surface area contributed by atoms with E-state index in [0.717, 1.165) is 13.8 Å². The lowest BCUT2D eigenvalue weighted by atomic mass is 10.0. The van der Waals surface area contributed by atoms with Crippen LogP contribution in [-0.2, 0) is 40.0 Å². The summed E-state index contributed by atoms with van der Waals surface area (Å²) in [5, 5.41) is 61.9. The van der Waals surface area contributed by atoms with Crippen molar-refractivity contribution < 1.29 is 59.1 Å². The van der Waals surface area contributed by atoms with E-state index in [1.807, 2.05) is 5.32 Å². The number of amides is 6. The van der Waals surface area contributed by atoms with Gasteiger partial charge in [-0.05, 0) is 33.1 Å². The quantitative estimate of drug-likeness (QED) is 0.0564. The van der Waals surface area contributed by atoms with Crippen molar-refractivity contribution in [3.05, 3.63) is 18.2 Å². The summed E-state index contributed by atoms with van der Waals surface area (Å²) < 4.78 is 0. The number of nitrogens with two attached hydrogens (primary N) is 1. The van der Waals surface area contributed by atoms with Crippen LogP contribution in [0.25, 0.3) is 0 Å². The van der Waals surface area contributed by atoms with E-state index in [0.29, 0.717) is 5.69 Å².